The molecule has 64 valence electrons. The van der Waals surface area contributed by atoms with E-state index in [4.69, 9.17) is 0 Å². The second kappa shape index (κ2) is 2.97. The molecule has 0 amide bonds. The summed E-state index contributed by atoms with van der Waals surface area (Å²) in [6.07, 6.45) is 0.830. The molecule has 2 nitrogen and oxygen atoms in total. The van der Waals surface area contributed by atoms with Crippen molar-refractivity contribution in [2.24, 2.45) is 0 Å². The number of phenols is 1. The molecule has 1 rings (SSSR count). The Morgan fingerprint density at radius 3 is 2.33 bits per heavy atom. The molecule has 1 aromatic carbocycles. The van der Waals surface area contributed by atoms with Crippen LogP contribution in [-0.4, -0.2) is 11.4 Å². The lowest BCUT2D eigenvalue weighted by molar-refractivity contribution is 0.112. The molecule has 0 saturated heterocycles. The van der Waals surface area contributed by atoms with Gasteiger partial charge in [-0.3, -0.25) is 4.79 Å². The van der Waals surface area contributed by atoms with Crippen LogP contribution < -0.4 is 0 Å². The summed E-state index contributed by atoms with van der Waals surface area (Å²) in [4.78, 5) is 10.6. The number of carbonyl (C=O) groups is 1. The van der Waals surface area contributed by atoms with E-state index >= 15 is 0 Å². The van der Waals surface area contributed by atoms with Gasteiger partial charge in [-0.05, 0) is 43.5 Å². The third kappa shape index (κ3) is 1.20. The van der Waals surface area contributed by atoms with E-state index in [-0.39, 0.29) is 5.75 Å². The number of aryl methyl sites for hydroxylation is 1. The maximum atomic E-state index is 10.6. The maximum absolute atomic E-state index is 10.6. The van der Waals surface area contributed by atoms with Gasteiger partial charge in [0.05, 0.1) is 0 Å². The molecular weight excluding hydrogens is 152 g/mol. The highest BCUT2D eigenvalue weighted by Crippen LogP contribution is 2.24. The standard InChI is InChI=1S/C10H12O2/c1-6-4-10(12)8(3)7(2)9(6)5-11/h4-5,12H,1-3H3. The highest BCUT2D eigenvalue weighted by Gasteiger charge is 2.07. The third-order valence-corrected chi connectivity index (χ3v) is 2.25. The van der Waals surface area contributed by atoms with E-state index in [2.05, 4.69) is 0 Å². The van der Waals surface area contributed by atoms with Crippen LogP contribution in [0, 0.1) is 20.8 Å². The van der Waals surface area contributed by atoms with Crippen molar-refractivity contribution < 1.29 is 9.90 Å². The zero-order valence-electron chi connectivity index (χ0n) is 7.51. The third-order valence-electron chi connectivity index (χ3n) is 2.25. The summed E-state index contributed by atoms with van der Waals surface area (Å²) >= 11 is 0. The Morgan fingerprint density at radius 2 is 1.83 bits per heavy atom. The molecule has 0 aliphatic heterocycles. The average molecular weight is 164 g/mol. The van der Waals surface area contributed by atoms with Crippen molar-refractivity contribution >= 4 is 6.29 Å². The van der Waals surface area contributed by atoms with E-state index in [0.29, 0.717) is 5.56 Å². The minimum absolute atomic E-state index is 0.260. The highest BCUT2D eigenvalue weighted by molar-refractivity contribution is 5.81. The average Bonchev–Trinajstić information content (AvgIpc) is 2.01. The lowest BCUT2D eigenvalue weighted by Crippen LogP contribution is -1.94. The van der Waals surface area contributed by atoms with Crippen LogP contribution in [-0.2, 0) is 0 Å². The smallest absolute Gasteiger partial charge is 0.150 e. The Morgan fingerprint density at radius 1 is 1.25 bits per heavy atom. The van der Waals surface area contributed by atoms with Gasteiger partial charge in [-0.1, -0.05) is 0 Å². The monoisotopic (exact) mass is 164 g/mol. The molecule has 12 heavy (non-hydrogen) atoms. The Balaban J connectivity index is 3.51. The Bertz CT molecular complexity index is 327. The second-order valence-electron chi connectivity index (χ2n) is 2.99. The normalized spacial score (nSPS) is 9.92. The molecule has 1 aromatic rings. The van der Waals surface area contributed by atoms with E-state index in [0.717, 1.165) is 23.0 Å². The summed E-state index contributed by atoms with van der Waals surface area (Å²) in [6, 6.07) is 1.62. The summed E-state index contributed by atoms with van der Waals surface area (Å²) in [5.41, 5.74) is 3.15. The summed E-state index contributed by atoms with van der Waals surface area (Å²) in [5.74, 6) is 0.260. The summed E-state index contributed by atoms with van der Waals surface area (Å²) < 4.78 is 0. The van der Waals surface area contributed by atoms with Crippen molar-refractivity contribution in [2.75, 3.05) is 0 Å². The van der Waals surface area contributed by atoms with Gasteiger partial charge >= 0.3 is 0 Å². The minimum atomic E-state index is 0.260. The fourth-order valence-corrected chi connectivity index (χ4v) is 1.26. The van der Waals surface area contributed by atoms with Gasteiger partial charge in [-0.2, -0.15) is 0 Å². The quantitative estimate of drug-likeness (QED) is 0.645. The molecule has 0 spiro atoms. The number of aldehydes is 1. The zero-order chi connectivity index (χ0) is 9.30. The van der Waals surface area contributed by atoms with Crippen molar-refractivity contribution in [1.82, 2.24) is 0 Å². The van der Waals surface area contributed by atoms with Crippen molar-refractivity contribution in [1.29, 1.82) is 0 Å². The lowest BCUT2D eigenvalue weighted by Gasteiger charge is -2.08. The van der Waals surface area contributed by atoms with Crippen molar-refractivity contribution in [2.45, 2.75) is 20.8 Å². The number of benzene rings is 1. The molecular formula is C10H12O2. The van der Waals surface area contributed by atoms with Gasteiger partial charge in [0.25, 0.3) is 0 Å². The molecule has 2 heteroatoms. The van der Waals surface area contributed by atoms with Crippen LogP contribution in [0.3, 0.4) is 0 Å². The largest absolute Gasteiger partial charge is 0.508 e. The molecule has 1 N–H and O–H groups in total. The first kappa shape index (κ1) is 8.78. The number of hydrogen-bond acceptors (Lipinski definition) is 2. The number of aromatic hydroxyl groups is 1. The highest BCUT2D eigenvalue weighted by atomic mass is 16.3. The van der Waals surface area contributed by atoms with E-state index in [1.807, 2.05) is 13.8 Å². The number of carbonyl (C=O) groups excluding carboxylic acids is 1. The molecule has 0 saturated carbocycles. The number of rotatable bonds is 1. The molecule has 0 aromatic heterocycles. The van der Waals surface area contributed by atoms with E-state index in [9.17, 15) is 9.90 Å². The van der Waals surface area contributed by atoms with Gasteiger partial charge in [0.2, 0.25) is 0 Å². The first-order valence-electron chi connectivity index (χ1n) is 3.83. The Hall–Kier alpha value is -1.31. The van der Waals surface area contributed by atoms with E-state index in [1.165, 1.54) is 0 Å². The van der Waals surface area contributed by atoms with Crippen LogP contribution in [0.4, 0.5) is 0 Å². The first-order valence-corrected chi connectivity index (χ1v) is 3.83. The van der Waals surface area contributed by atoms with E-state index < -0.39 is 0 Å². The van der Waals surface area contributed by atoms with Crippen molar-refractivity contribution in [3.63, 3.8) is 0 Å². The molecule has 0 fully saturated rings. The Kier molecular flexibility index (Phi) is 2.18. The molecule has 0 bridgehead atoms. The van der Waals surface area contributed by atoms with Crippen LogP contribution in [0.15, 0.2) is 6.07 Å². The fraction of sp³-hybridized carbons (Fsp3) is 0.300. The van der Waals surface area contributed by atoms with Crippen LogP contribution in [0.2, 0.25) is 0 Å². The lowest BCUT2D eigenvalue weighted by atomic mass is 9.98. The second-order valence-corrected chi connectivity index (χ2v) is 2.99. The first-order chi connectivity index (χ1) is 5.57. The van der Waals surface area contributed by atoms with E-state index in [1.54, 1.807) is 13.0 Å². The molecule has 0 radical (unpaired) electrons. The number of hydrogen-bond donors (Lipinski definition) is 1. The predicted molar refractivity (Wildman–Crippen MR) is 47.7 cm³/mol. The van der Waals surface area contributed by atoms with Gasteiger partial charge in [-0.25, -0.2) is 0 Å². The number of phenolic OH excluding ortho intramolecular Hbond substituents is 1. The zero-order valence-corrected chi connectivity index (χ0v) is 7.51. The van der Waals surface area contributed by atoms with Crippen LogP contribution in [0.5, 0.6) is 5.75 Å². The fourth-order valence-electron chi connectivity index (χ4n) is 1.26. The van der Waals surface area contributed by atoms with Crippen LogP contribution >= 0.6 is 0 Å². The molecule has 0 aliphatic rings. The predicted octanol–water partition coefficient (Wildman–Crippen LogP) is 2.13. The van der Waals surface area contributed by atoms with Gasteiger partial charge in [-0.15, -0.1) is 0 Å². The summed E-state index contributed by atoms with van der Waals surface area (Å²) in [6.45, 7) is 5.46. The molecule has 0 aliphatic carbocycles. The SMILES string of the molecule is Cc1cc(O)c(C)c(C)c1C=O. The van der Waals surface area contributed by atoms with Crippen molar-refractivity contribution in [3.8, 4) is 5.75 Å². The molecule has 0 heterocycles. The van der Waals surface area contributed by atoms with Gasteiger partial charge < -0.3 is 5.11 Å². The molecule has 0 atom stereocenters. The topological polar surface area (TPSA) is 37.3 Å². The van der Waals surface area contributed by atoms with Gasteiger partial charge in [0.1, 0.15) is 5.75 Å². The Labute approximate surface area is 71.8 Å². The summed E-state index contributed by atoms with van der Waals surface area (Å²) in [7, 11) is 0. The minimum Gasteiger partial charge on any atom is -0.508 e. The summed E-state index contributed by atoms with van der Waals surface area (Å²) in [5, 5.41) is 9.38. The van der Waals surface area contributed by atoms with Crippen LogP contribution in [0.25, 0.3) is 0 Å². The van der Waals surface area contributed by atoms with Gasteiger partial charge in [0.15, 0.2) is 6.29 Å². The maximum Gasteiger partial charge on any atom is 0.150 e. The van der Waals surface area contributed by atoms with Crippen LogP contribution in [0.1, 0.15) is 27.0 Å². The van der Waals surface area contributed by atoms with Gasteiger partial charge in [0, 0.05) is 5.56 Å². The molecule has 0 unspecified atom stereocenters. The van der Waals surface area contributed by atoms with Crippen molar-refractivity contribution in [3.05, 3.63) is 28.3 Å².